The second-order valence-electron chi connectivity index (χ2n) is 7.64. The highest BCUT2D eigenvalue weighted by Gasteiger charge is 2.27. The van der Waals surface area contributed by atoms with E-state index in [0.717, 1.165) is 25.0 Å². The summed E-state index contributed by atoms with van der Waals surface area (Å²) in [6, 6.07) is 22.3. The molecule has 0 saturated heterocycles. The Morgan fingerprint density at radius 3 is 2.45 bits per heavy atom. The van der Waals surface area contributed by atoms with E-state index in [1.807, 2.05) is 0 Å². The molecule has 3 aromatic rings. The zero-order chi connectivity index (χ0) is 22.2. The summed E-state index contributed by atoms with van der Waals surface area (Å²) >= 11 is 0. The van der Waals surface area contributed by atoms with E-state index in [2.05, 4.69) is 54.7 Å². The van der Waals surface area contributed by atoms with Crippen LogP contribution in [0.1, 0.15) is 48.1 Å². The zero-order valence-corrected chi connectivity index (χ0v) is 17.4. The minimum atomic E-state index is -0.917. The molecule has 0 aliphatic heterocycles. The average Bonchev–Trinajstić information content (AvgIpc) is 3.21. The lowest BCUT2D eigenvalue weighted by Crippen LogP contribution is -2.30. The van der Waals surface area contributed by atoms with Gasteiger partial charge in [0.15, 0.2) is 0 Å². The summed E-state index contributed by atoms with van der Waals surface area (Å²) in [6.07, 6.45) is 3.19. The third-order valence-electron chi connectivity index (χ3n) is 5.56. The van der Waals surface area contributed by atoms with Crippen molar-refractivity contribution in [2.45, 2.75) is 44.4 Å². The van der Waals surface area contributed by atoms with Gasteiger partial charge in [-0.3, -0.25) is 4.79 Å². The van der Waals surface area contributed by atoms with E-state index >= 15 is 0 Å². The molecule has 0 radical (unpaired) electrons. The van der Waals surface area contributed by atoms with Gasteiger partial charge >= 0.3 is 5.97 Å². The maximum absolute atomic E-state index is 11.0. The van der Waals surface area contributed by atoms with Crippen molar-refractivity contribution in [1.82, 2.24) is 5.32 Å². The number of nitrogens with one attached hydrogen (secondary N) is 1. The van der Waals surface area contributed by atoms with Gasteiger partial charge in [-0.1, -0.05) is 42.5 Å². The molecular weight excluding hydrogens is 394 g/mol. The SMILES string of the molecule is C[C@@H](N[C@@H]1CC[C@@H](Oc2ccc(C(=O)O)cc2)C1)c1cccc2ccccc12.O=CO. The quantitative estimate of drug-likeness (QED) is 0.491. The van der Waals surface area contributed by atoms with Gasteiger partial charge in [0.1, 0.15) is 11.9 Å². The number of ether oxygens (including phenoxy) is 1. The molecule has 1 aliphatic rings. The maximum Gasteiger partial charge on any atom is 0.335 e. The van der Waals surface area contributed by atoms with Crippen LogP contribution in [0.25, 0.3) is 10.8 Å². The van der Waals surface area contributed by atoms with Crippen LogP contribution in [0.2, 0.25) is 0 Å². The molecule has 31 heavy (non-hydrogen) atoms. The van der Waals surface area contributed by atoms with Crippen LogP contribution in [0.15, 0.2) is 66.7 Å². The predicted octanol–water partition coefficient (Wildman–Crippen LogP) is 4.89. The fourth-order valence-corrected chi connectivity index (χ4v) is 4.14. The third-order valence-corrected chi connectivity index (χ3v) is 5.56. The molecule has 0 spiro atoms. The molecular formula is C25H27NO5. The van der Waals surface area contributed by atoms with Gasteiger partial charge in [-0.25, -0.2) is 4.79 Å². The molecule has 1 saturated carbocycles. The Bertz CT molecular complexity index is 1010. The Kier molecular flexibility index (Phi) is 7.62. The van der Waals surface area contributed by atoms with E-state index in [0.29, 0.717) is 6.04 Å². The van der Waals surface area contributed by atoms with Gasteiger partial charge in [-0.05, 0) is 66.8 Å². The molecule has 0 amide bonds. The number of hydrogen-bond donors (Lipinski definition) is 3. The predicted molar refractivity (Wildman–Crippen MR) is 120 cm³/mol. The number of benzene rings is 3. The number of carboxylic acids is 1. The smallest absolute Gasteiger partial charge is 0.335 e. The highest BCUT2D eigenvalue weighted by Crippen LogP contribution is 2.29. The van der Waals surface area contributed by atoms with Crippen molar-refractivity contribution < 1.29 is 24.5 Å². The van der Waals surface area contributed by atoms with Crippen LogP contribution < -0.4 is 10.1 Å². The first-order valence-corrected chi connectivity index (χ1v) is 10.3. The first-order chi connectivity index (χ1) is 15.0. The summed E-state index contributed by atoms with van der Waals surface area (Å²) in [5.41, 5.74) is 1.61. The van der Waals surface area contributed by atoms with Crippen molar-refractivity contribution in [3.05, 3.63) is 77.9 Å². The normalized spacial score (nSPS) is 18.6. The van der Waals surface area contributed by atoms with E-state index in [4.69, 9.17) is 19.7 Å². The highest BCUT2D eigenvalue weighted by molar-refractivity contribution is 5.87. The molecule has 0 bridgehead atoms. The monoisotopic (exact) mass is 421 g/mol. The molecule has 4 rings (SSSR count). The Labute approximate surface area is 181 Å². The van der Waals surface area contributed by atoms with Crippen molar-refractivity contribution in [2.75, 3.05) is 0 Å². The van der Waals surface area contributed by atoms with E-state index in [9.17, 15) is 4.79 Å². The first kappa shape index (κ1) is 22.3. The van der Waals surface area contributed by atoms with Crippen LogP contribution in [-0.4, -0.2) is 34.8 Å². The second-order valence-corrected chi connectivity index (χ2v) is 7.64. The van der Waals surface area contributed by atoms with E-state index in [1.54, 1.807) is 24.3 Å². The van der Waals surface area contributed by atoms with Crippen molar-refractivity contribution >= 4 is 23.2 Å². The topological polar surface area (TPSA) is 95.9 Å². The Morgan fingerprint density at radius 1 is 1.06 bits per heavy atom. The molecule has 3 atom stereocenters. The van der Waals surface area contributed by atoms with Gasteiger partial charge in [0.2, 0.25) is 0 Å². The first-order valence-electron chi connectivity index (χ1n) is 10.3. The van der Waals surface area contributed by atoms with Crippen LogP contribution >= 0.6 is 0 Å². The number of aromatic carboxylic acids is 1. The fourth-order valence-electron chi connectivity index (χ4n) is 4.14. The molecule has 0 heterocycles. The van der Waals surface area contributed by atoms with Crippen molar-refractivity contribution in [3.8, 4) is 5.75 Å². The second kappa shape index (κ2) is 10.6. The Balaban J connectivity index is 0.000000858. The standard InChI is InChI=1S/C24H25NO3.CH2O2/c1-16(22-8-4-6-17-5-2-3-7-23(17)22)25-19-11-14-21(15-19)28-20-12-9-18(10-13-20)24(26)27;2-1-3/h2-10,12-13,16,19,21,25H,11,14-15H2,1H3,(H,26,27);1H,(H,2,3)/t16-,19-,21-;/m1./s1. The summed E-state index contributed by atoms with van der Waals surface area (Å²) < 4.78 is 6.06. The summed E-state index contributed by atoms with van der Waals surface area (Å²) in [5.74, 6) is -0.183. The van der Waals surface area contributed by atoms with Crippen LogP contribution in [0.5, 0.6) is 5.75 Å². The lowest BCUT2D eigenvalue weighted by atomic mass is 9.99. The van der Waals surface area contributed by atoms with Crippen molar-refractivity contribution in [1.29, 1.82) is 0 Å². The van der Waals surface area contributed by atoms with E-state index in [-0.39, 0.29) is 24.2 Å². The van der Waals surface area contributed by atoms with E-state index in [1.165, 1.54) is 16.3 Å². The summed E-state index contributed by atoms with van der Waals surface area (Å²) in [4.78, 5) is 19.3. The average molecular weight is 421 g/mol. The van der Waals surface area contributed by atoms with Gasteiger partial charge in [0, 0.05) is 12.1 Å². The minimum Gasteiger partial charge on any atom is -0.490 e. The molecule has 3 aromatic carbocycles. The molecule has 1 fully saturated rings. The Morgan fingerprint density at radius 2 is 1.74 bits per heavy atom. The summed E-state index contributed by atoms with van der Waals surface area (Å²) in [7, 11) is 0. The van der Waals surface area contributed by atoms with Gasteiger partial charge in [0.25, 0.3) is 6.47 Å². The van der Waals surface area contributed by atoms with Crippen LogP contribution in [0.3, 0.4) is 0 Å². The molecule has 6 nitrogen and oxygen atoms in total. The van der Waals surface area contributed by atoms with Crippen LogP contribution in [0.4, 0.5) is 0 Å². The molecule has 162 valence electrons. The Hall–Kier alpha value is -3.38. The largest absolute Gasteiger partial charge is 0.490 e. The molecule has 3 N–H and O–H groups in total. The third kappa shape index (κ3) is 5.83. The zero-order valence-electron chi connectivity index (χ0n) is 17.4. The van der Waals surface area contributed by atoms with Gasteiger partial charge in [-0.15, -0.1) is 0 Å². The van der Waals surface area contributed by atoms with Crippen LogP contribution in [0, 0.1) is 0 Å². The van der Waals surface area contributed by atoms with Gasteiger partial charge in [0.05, 0.1) is 5.56 Å². The number of carboxylic acid groups (broad SMARTS) is 2. The van der Waals surface area contributed by atoms with Crippen molar-refractivity contribution in [2.24, 2.45) is 0 Å². The fraction of sp³-hybridized carbons (Fsp3) is 0.280. The van der Waals surface area contributed by atoms with Crippen LogP contribution in [-0.2, 0) is 4.79 Å². The number of hydrogen-bond acceptors (Lipinski definition) is 4. The highest BCUT2D eigenvalue weighted by atomic mass is 16.5. The molecule has 0 aromatic heterocycles. The van der Waals surface area contributed by atoms with E-state index < -0.39 is 5.97 Å². The minimum absolute atomic E-state index is 0.160. The molecule has 6 heteroatoms. The maximum atomic E-state index is 11.0. The summed E-state index contributed by atoms with van der Waals surface area (Å²) in [6.45, 7) is 1.97. The van der Waals surface area contributed by atoms with Crippen molar-refractivity contribution in [3.63, 3.8) is 0 Å². The molecule has 0 unspecified atom stereocenters. The van der Waals surface area contributed by atoms with Gasteiger partial charge in [-0.2, -0.15) is 0 Å². The lowest BCUT2D eigenvalue weighted by Gasteiger charge is -2.21. The summed E-state index contributed by atoms with van der Waals surface area (Å²) in [5, 5.41) is 22.2. The number of fused-ring (bicyclic) bond motifs is 1. The van der Waals surface area contributed by atoms with Gasteiger partial charge < -0.3 is 20.3 Å². The lowest BCUT2D eigenvalue weighted by molar-refractivity contribution is -0.122. The number of carbonyl (C=O) groups is 2. The molecule has 1 aliphatic carbocycles. The number of rotatable bonds is 6.